The van der Waals surface area contributed by atoms with Gasteiger partial charge < -0.3 is 5.11 Å². The van der Waals surface area contributed by atoms with E-state index in [2.05, 4.69) is 4.98 Å². The highest BCUT2D eigenvalue weighted by Gasteiger charge is 2.46. The Bertz CT molecular complexity index is 1660. The highest BCUT2D eigenvalue weighted by molar-refractivity contribution is 7.93. The van der Waals surface area contributed by atoms with Crippen molar-refractivity contribution >= 4 is 49.6 Å². The van der Waals surface area contributed by atoms with Crippen LogP contribution in [0.1, 0.15) is 27.5 Å². The summed E-state index contributed by atoms with van der Waals surface area (Å²) in [5.41, 5.74) is 1.56. The summed E-state index contributed by atoms with van der Waals surface area (Å²) in [4.78, 5) is 32.4. The van der Waals surface area contributed by atoms with Crippen LogP contribution in [0.4, 0.5) is 5.13 Å². The number of hydrogen-bond donors (Lipinski definition) is 1. The number of rotatable bonds is 6. The largest absolute Gasteiger partial charge is 0.503 e. The van der Waals surface area contributed by atoms with E-state index in [1.807, 2.05) is 6.92 Å². The predicted octanol–water partition coefficient (Wildman–Crippen LogP) is 5.72. The molecule has 1 aliphatic heterocycles. The zero-order valence-corrected chi connectivity index (χ0v) is 21.7. The first-order valence-electron chi connectivity index (χ1n) is 11.1. The van der Waals surface area contributed by atoms with Crippen molar-refractivity contribution in [2.24, 2.45) is 0 Å². The fourth-order valence-electron chi connectivity index (χ4n) is 4.09. The average molecular weight is 551 g/mol. The zero-order chi connectivity index (χ0) is 26.3. The van der Waals surface area contributed by atoms with Crippen LogP contribution in [0.25, 0.3) is 0 Å². The number of ketones is 1. The maximum Gasteiger partial charge on any atom is 0.296 e. The minimum absolute atomic E-state index is 0.0164. The van der Waals surface area contributed by atoms with E-state index in [9.17, 15) is 23.1 Å². The number of halogens is 1. The molecule has 4 aromatic rings. The van der Waals surface area contributed by atoms with Gasteiger partial charge in [-0.2, -0.15) is 0 Å². The molecule has 1 amide bonds. The minimum atomic E-state index is -3.89. The Morgan fingerprint density at radius 1 is 1.03 bits per heavy atom. The van der Waals surface area contributed by atoms with E-state index in [0.717, 1.165) is 21.8 Å². The third-order valence-electron chi connectivity index (χ3n) is 5.93. The number of aliphatic hydroxyl groups excluding tert-OH is 1. The van der Waals surface area contributed by atoms with E-state index in [4.69, 9.17) is 11.6 Å². The molecular weight excluding hydrogens is 532 g/mol. The molecule has 3 aromatic carbocycles. The van der Waals surface area contributed by atoms with Crippen LogP contribution < -0.4 is 4.90 Å². The summed E-state index contributed by atoms with van der Waals surface area (Å²) in [6, 6.07) is 20.1. The van der Waals surface area contributed by atoms with Crippen LogP contribution in [-0.2, 0) is 14.6 Å². The standard InChI is InChI=1S/C27H19ClN2O5S2/c1-16-10-12-17(13-11-16)24(31)22-23(18-6-5-7-19(28)14-18)30(26(33)25(22)32)27-29-15-21(36-27)37(34,35)20-8-3-2-4-9-20/h2-15,23,32H,1H3. The van der Waals surface area contributed by atoms with Gasteiger partial charge in [0.05, 0.1) is 22.7 Å². The average Bonchev–Trinajstić information content (AvgIpc) is 3.48. The van der Waals surface area contributed by atoms with Gasteiger partial charge in [0, 0.05) is 10.6 Å². The van der Waals surface area contributed by atoms with Crippen molar-refractivity contribution in [1.29, 1.82) is 0 Å². The number of benzene rings is 3. The molecule has 1 aromatic heterocycles. The smallest absolute Gasteiger partial charge is 0.296 e. The van der Waals surface area contributed by atoms with Crippen LogP contribution in [0.15, 0.2) is 105 Å². The molecule has 0 spiro atoms. The maximum absolute atomic E-state index is 13.6. The van der Waals surface area contributed by atoms with Gasteiger partial charge in [0.2, 0.25) is 9.84 Å². The summed E-state index contributed by atoms with van der Waals surface area (Å²) >= 11 is 7.00. The first kappa shape index (κ1) is 24.9. The fraction of sp³-hybridized carbons (Fsp3) is 0.0741. The molecule has 7 nitrogen and oxygen atoms in total. The van der Waals surface area contributed by atoms with Crippen LogP contribution in [0.2, 0.25) is 5.02 Å². The van der Waals surface area contributed by atoms with Crippen molar-refractivity contribution in [3.05, 3.63) is 118 Å². The Morgan fingerprint density at radius 2 is 1.73 bits per heavy atom. The molecule has 0 aliphatic carbocycles. The molecule has 1 atom stereocenters. The number of anilines is 1. The lowest BCUT2D eigenvalue weighted by Gasteiger charge is -2.24. The third kappa shape index (κ3) is 4.46. The van der Waals surface area contributed by atoms with Crippen LogP contribution >= 0.6 is 22.9 Å². The molecule has 186 valence electrons. The molecular formula is C27H19ClN2O5S2. The van der Waals surface area contributed by atoms with Gasteiger partial charge in [0.1, 0.15) is 4.21 Å². The number of thiazole rings is 1. The van der Waals surface area contributed by atoms with Gasteiger partial charge in [-0.05, 0) is 36.8 Å². The first-order chi connectivity index (χ1) is 17.7. The number of carbonyl (C=O) groups is 2. The molecule has 1 aliphatic rings. The van der Waals surface area contributed by atoms with Gasteiger partial charge in [0.15, 0.2) is 16.7 Å². The molecule has 0 radical (unpaired) electrons. The molecule has 10 heteroatoms. The highest BCUT2D eigenvalue weighted by atomic mass is 35.5. The normalized spacial score (nSPS) is 15.9. The van der Waals surface area contributed by atoms with E-state index >= 15 is 0 Å². The molecule has 2 heterocycles. The zero-order valence-electron chi connectivity index (χ0n) is 19.3. The lowest BCUT2D eigenvalue weighted by Crippen LogP contribution is -2.31. The Balaban J connectivity index is 1.62. The summed E-state index contributed by atoms with van der Waals surface area (Å²) in [7, 11) is -3.89. The van der Waals surface area contributed by atoms with E-state index in [1.54, 1.807) is 66.7 Å². The number of carbonyl (C=O) groups excluding carboxylic acids is 2. The van der Waals surface area contributed by atoms with Crippen LogP contribution in [0.3, 0.4) is 0 Å². The predicted molar refractivity (Wildman–Crippen MR) is 141 cm³/mol. The highest BCUT2D eigenvalue weighted by Crippen LogP contribution is 2.44. The Labute approximate surface area is 222 Å². The van der Waals surface area contributed by atoms with Crippen molar-refractivity contribution < 1.29 is 23.1 Å². The number of amides is 1. The van der Waals surface area contributed by atoms with Crippen molar-refractivity contribution in [2.45, 2.75) is 22.1 Å². The SMILES string of the molecule is Cc1ccc(C(=O)C2=C(O)C(=O)N(c3ncc(S(=O)(=O)c4ccccc4)s3)C2c2cccc(Cl)c2)cc1. The van der Waals surface area contributed by atoms with Gasteiger partial charge >= 0.3 is 0 Å². The monoisotopic (exact) mass is 550 g/mol. The van der Waals surface area contributed by atoms with E-state index in [-0.39, 0.29) is 19.8 Å². The molecule has 0 fully saturated rings. The molecule has 37 heavy (non-hydrogen) atoms. The summed E-state index contributed by atoms with van der Waals surface area (Å²) in [6.45, 7) is 1.88. The van der Waals surface area contributed by atoms with E-state index in [1.165, 1.54) is 18.3 Å². The van der Waals surface area contributed by atoms with Crippen LogP contribution in [0.5, 0.6) is 0 Å². The third-order valence-corrected chi connectivity index (χ3v) is 9.39. The second-order valence-corrected chi connectivity index (χ2v) is 12.0. The van der Waals surface area contributed by atoms with Gasteiger partial charge in [-0.25, -0.2) is 13.4 Å². The van der Waals surface area contributed by atoms with Crippen LogP contribution in [0, 0.1) is 6.92 Å². The van der Waals surface area contributed by atoms with Gasteiger partial charge in [-0.3, -0.25) is 14.5 Å². The van der Waals surface area contributed by atoms with Crippen molar-refractivity contribution in [1.82, 2.24) is 4.98 Å². The Kier molecular flexibility index (Phi) is 6.45. The number of Topliss-reactive ketones (excluding diaryl/α,β-unsaturated/α-hetero) is 1. The van der Waals surface area contributed by atoms with Crippen LogP contribution in [-0.4, -0.2) is 30.2 Å². The second-order valence-electron chi connectivity index (χ2n) is 8.37. The number of nitrogens with zero attached hydrogens (tertiary/aromatic N) is 2. The molecule has 0 saturated carbocycles. The van der Waals surface area contributed by atoms with Gasteiger partial charge in [-0.15, -0.1) is 0 Å². The number of hydrogen-bond acceptors (Lipinski definition) is 7. The minimum Gasteiger partial charge on any atom is -0.503 e. The number of aliphatic hydroxyl groups is 1. The summed E-state index contributed by atoms with van der Waals surface area (Å²) in [5, 5.41) is 11.3. The Morgan fingerprint density at radius 3 is 2.41 bits per heavy atom. The molecule has 1 unspecified atom stereocenters. The molecule has 0 saturated heterocycles. The van der Waals surface area contributed by atoms with E-state index in [0.29, 0.717) is 16.1 Å². The molecule has 5 rings (SSSR count). The number of aryl methyl sites for hydroxylation is 1. The summed E-state index contributed by atoms with van der Waals surface area (Å²) in [6.07, 6.45) is 1.17. The van der Waals surface area contributed by atoms with E-state index < -0.39 is 33.3 Å². The quantitative estimate of drug-likeness (QED) is 0.308. The van der Waals surface area contributed by atoms with Gasteiger partial charge in [-0.1, -0.05) is 83.1 Å². The Hall–Kier alpha value is -3.79. The number of sulfone groups is 1. The fourth-order valence-corrected chi connectivity index (χ4v) is 6.86. The van der Waals surface area contributed by atoms with Gasteiger partial charge in [0.25, 0.3) is 5.91 Å². The molecule has 0 bridgehead atoms. The van der Waals surface area contributed by atoms with Crippen molar-refractivity contribution in [3.63, 3.8) is 0 Å². The first-order valence-corrected chi connectivity index (χ1v) is 13.8. The van der Waals surface area contributed by atoms with Crippen molar-refractivity contribution in [2.75, 3.05) is 4.90 Å². The number of aromatic nitrogens is 1. The van der Waals surface area contributed by atoms with Crippen molar-refractivity contribution in [3.8, 4) is 0 Å². The summed E-state index contributed by atoms with van der Waals surface area (Å²) in [5.74, 6) is -2.12. The second kappa shape index (κ2) is 9.59. The summed E-state index contributed by atoms with van der Waals surface area (Å²) < 4.78 is 26.2. The topological polar surface area (TPSA) is 105 Å². The molecule has 1 N–H and O–H groups in total. The lowest BCUT2D eigenvalue weighted by atomic mass is 9.92. The lowest BCUT2D eigenvalue weighted by molar-refractivity contribution is -0.117. The maximum atomic E-state index is 13.6.